The number of esters is 1. The highest BCUT2D eigenvalue weighted by Gasteiger charge is 2.35. The van der Waals surface area contributed by atoms with E-state index >= 15 is 0 Å². The molecule has 31 heavy (non-hydrogen) atoms. The van der Waals surface area contributed by atoms with Gasteiger partial charge in [-0.15, -0.1) is 0 Å². The SMILES string of the molecule is CCCCN(C(=O)COC(=O)C(NC(=O)c1ccccc1)C(C)C)C1CCS(=O)(=O)C1. The zero-order valence-corrected chi connectivity index (χ0v) is 19.2. The molecular formula is C22H32N2O6S. The first-order chi connectivity index (χ1) is 14.6. The van der Waals surface area contributed by atoms with Gasteiger partial charge in [0.15, 0.2) is 16.4 Å². The summed E-state index contributed by atoms with van der Waals surface area (Å²) in [5.41, 5.74) is 0.421. The van der Waals surface area contributed by atoms with Crippen molar-refractivity contribution in [1.29, 1.82) is 0 Å². The second kappa shape index (κ2) is 11.3. The fourth-order valence-electron chi connectivity index (χ4n) is 3.48. The third-order valence-corrected chi connectivity index (χ3v) is 7.05. The minimum Gasteiger partial charge on any atom is -0.454 e. The predicted octanol–water partition coefficient (Wildman–Crippen LogP) is 1.80. The molecule has 1 N–H and O–H groups in total. The smallest absolute Gasteiger partial charge is 0.329 e. The molecule has 1 fully saturated rings. The minimum atomic E-state index is -3.14. The molecule has 2 rings (SSSR count). The van der Waals surface area contributed by atoms with Gasteiger partial charge in [-0.3, -0.25) is 9.59 Å². The van der Waals surface area contributed by atoms with Crippen molar-refractivity contribution in [2.45, 2.75) is 52.1 Å². The van der Waals surface area contributed by atoms with Crippen LogP contribution in [0.1, 0.15) is 50.4 Å². The normalized spacial score (nSPS) is 18.4. The van der Waals surface area contributed by atoms with Gasteiger partial charge in [0.1, 0.15) is 6.04 Å². The van der Waals surface area contributed by atoms with Crippen LogP contribution in [-0.2, 0) is 24.2 Å². The van der Waals surface area contributed by atoms with E-state index in [1.807, 2.05) is 6.92 Å². The Morgan fingerprint density at radius 1 is 1.19 bits per heavy atom. The van der Waals surface area contributed by atoms with E-state index in [1.54, 1.807) is 44.2 Å². The lowest BCUT2D eigenvalue weighted by Gasteiger charge is -2.28. The first kappa shape index (κ1) is 24.8. The summed E-state index contributed by atoms with van der Waals surface area (Å²) >= 11 is 0. The molecule has 1 aliphatic heterocycles. The maximum atomic E-state index is 12.8. The number of hydrogen-bond acceptors (Lipinski definition) is 6. The number of ether oxygens (including phenoxy) is 1. The Morgan fingerprint density at radius 3 is 2.42 bits per heavy atom. The summed E-state index contributed by atoms with van der Waals surface area (Å²) < 4.78 is 28.9. The van der Waals surface area contributed by atoms with Gasteiger partial charge in [0.25, 0.3) is 11.8 Å². The number of rotatable bonds is 10. The van der Waals surface area contributed by atoms with Crippen LogP contribution < -0.4 is 5.32 Å². The molecule has 2 amide bonds. The number of nitrogens with one attached hydrogen (secondary N) is 1. The molecule has 172 valence electrons. The van der Waals surface area contributed by atoms with E-state index in [1.165, 1.54) is 4.90 Å². The standard InChI is InChI=1S/C22H32N2O6S/c1-4-5-12-24(18-11-13-31(28,29)15-18)19(25)14-30-22(27)20(16(2)3)23-21(26)17-9-7-6-8-10-17/h6-10,16,18,20H,4-5,11-15H2,1-3H3,(H,23,26). The second-order valence-corrected chi connectivity index (χ2v) is 10.4. The van der Waals surface area contributed by atoms with Gasteiger partial charge in [-0.05, 0) is 30.9 Å². The van der Waals surface area contributed by atoms with E-state index in [9.17, 15) is 22.8 Å². The lowest BCUT2D eigenvalue weighted by Crippen LogP contribution is -2.47. The van der Waals surface area contributed by atoms with Crippen molar-refractivity contribution in [2.75, 3.05) is 24.7 Å². The number of sulfone groups is 1. The predicted molar refractivity (Wildman–Crippen MR) is 117 cm³/mol. The van der Waals surface area contributed by atoms with E-state index < -0.39 is 40.3 Å². The fraction of sp³-hybridized carbons (Fsp3) is 0.591. The largest absolute Gasteiger partial charge is 0.454 e. The Bertz CT molecular complexity index is 869. The van der Waals surface area contributed by atoms with Gasteiger partial charge in [-0.1, -0.05) is 45.4 Å². The molecule has 0 radical (unpaired) electrons. The molecule has 1 saturated heterocycles. The van der Waals surface area contributed by atoms with E-state index in [2.05, 4.69) is 5.32 Å². The highest BCUT2D eigenvalue weighted by Crippen LogP contribution is 2.19. The van der Waals surface area contributed by atoms with Crippen molar-refractivity contribution < 1.29 is 27.5 Å². The third-order valence-electron chi connectivity index (χ3n) is 5.30. The summed E-state index contributed by atoms with van der Waals surface area (Å²) in [5.74, 6) is -1.75. The van der Waals surface area contributed by atoms with Gasteiger partial charge in [-0.25, -0.2) is 13.2 Å². The van der Waals surface area contributed by atoms with Crippen LogP contribution in [0.2, 0.25) is 0 Å². The Morgan fingerprint density at radius 2 is 1.87 bits per heavy atom. The molecule has 0 bridgehead atoms. The van der Waals surface area contributed by atoms with Crippen molar-refractivity contribution in [3.05, 3.63) is 35.9 Å². The molecule has 9 heteroatoms. The Labute approximate surface area is 184 Å². The molecule has 1 aliphatic rings. The van der Waals surface area contributed by atoms with Crippen molar-refractivity contribution in [2.24, 2.45) is 5.92 Å². The van der Waals surface area contributed by atoms with Crippen molar-refractivity contribution in [1.82, 2.24) is 10.2 Å². The van der Waals surface area contributed by atoms with E-state index in [-0.39, 0.29) is 23.5 Å². The summed E-state index contributed by atoms with van der Waals surface area (Å²) in [4.78, 5) is 39.3. The lowest BCUT2D eigenvalue weighted by atomic mass is 10.0. The summed E-state index contributed by atoms with van der Waals surface area (Å²) in [6, 6.07) is 7.23. The van der Waals surface area contributed by atoms with Gasteiger partial charge < -0.3 is 15.0 Å². The van der Waals surface area contributed by atoms with Crippen molar-refractivity contribution >= 4 is 27.6 Å². The minimum absolute atomic E-state index is 0.0574. The van der Waals surface area contributed by atoms with E-state index in [4.69, 9.17) is 4.74 Å². The van der Waals surface area contributed by atoms with Crippen LogP contribution in [0.5, 0.6) is 0 Å². The monoisotopic (exact) mass is 452 g/mol. The summed E-state index contributed by atoms with van der Waals surface area (Å²) in [5, 5.41) is 2.67. The first-order valence-electron chi connectivity index (χ1n) is 10.7. The van der Waals surface area contributed by atoms with Crippen LogP contribution >= 0.6 is 0 Å². The topological polar surface area (TPSA) is 110 Å². The molecule has 0 aliphatic carbocycles. The van der Waals surface area contributed by atoms with E-state index in [0.29, 0.717) is 18.5 Å². The maximum absolute atomic E-state index is 12.8. The Hall–Kier alpha value is -2.42. The molecule has 0 aromatic heterocycles. The second-order valence-electron chi connectivity index (χ2n) is 8.17. The molecular weight excluding hydrogens is 420 g/mol. The number of carbonyl (C=O) groups excluding carboxylic acids is 3. The highest BCUT2D eigenvalue weighted by molar-refractivity contribution is 7.91. The average molecular weight is 453 g/mol. The zero-order chi connectivity index (χ0) is 23.0. The molecule has 1 heterocycles. The van der Waals surface area contributed by atoms with Crippen LogP contribution in [0.4, 0.5) is 0 Å². The number of hydrogen-bond donors (Lipinski definition) is 1. The zero-order valence-electron chi connectivity index (χ0n) is 18.4. The summed E-state index contributed by atoms with van der Waals surface area (Å²) in [7, 11) is -3.14. The number of unbranched alkanes of at least 4 members (excludes halogenated alkanes) is 1. The van der Waals surface area contributed by atoms with Gasteiger partial charge in [0.05, 0.1) is 11.5 Å². The fourth-order valence-corrected chi connectivity index (χ4v) is 5.21. The van der Waals surface area contributed by atoms with Crippen LogP contribution in [0, 0.1) is 5.92 Å². The van der Waals surface area contributed by atoms with Gasteiger partial charge >= 0.3 is 5.97 Å². The lowest BCUT2D eigenvalue weighted by molar-refractivity contribution is -0.155. The number of benzene rings is 1. The molecule has 2 atom stereocenters. The number of nitrogens with zero attached hydrogens (tertiary/aromatic N) is 1. The van der Waals surface area contributed by atoms with Crippen LogP contribution in [0.15, 0.2) is 30.3 Å². The Kier molecular flexibility index (Phi) is 9.03. The van der Waals surface area contributed by atoms with Crippen molar-refractivity contribution in [3.8, 4) is 0 Å². The van der Waals surface area contributed by atoms with Crippen molar-refractivity contribution in [3.63, 3.8) is 0 Å². The van der Waals surface area contributed by atoms with Crippen LogP contribution in [0.3, 0.4) is 0 Å². The molecule has 1 aromatic rings. The number of amides is 2. The van der Waals surface area contributed by atoms with Gasteiger partial charge in [0.2, 0.25) is 0 Å². The molecule has 2 unspecified atom stereocenters. The van der Waals surface area contributed by atoms with Crippen LogP contribution in [-0.4, -0.2) is 67.8 Å². The van der Waals surface area contributed by atoms with Gasteiger partial charge in [0, 0.05) is 18.2 Å². The third kappa shape index (κ3) is 7.34. The maximum Gasteiger partial charge on any atom is 0.329 e. The van der Waals surface area contributed by atoms with Crippen LogP contribution in [0.25, 0.3) is 0 Å². The number of carbonyl (C=O) groups is 3. The highest BCUT2D eigenvalue weighted by atomic mass is 32.2. The average Bonchev–Trinajstić information content (AvgIpc) is 3.10. The van der Waals surface area contributed by atoms with Gasteiger partial charge in [-0.2, -0.15) is 0 Å². The molecule has 0 saturated carbocycles. The molecule has 8 nitrogen and oxygen atoms in total. The van der Waals surface area contributed by atoms with E-state index in [0.717, 1.165) is 12.8 Å². The molecule has 1 aromatic carbocycles. The first-order valence-corrected chi connectivity index (χ1v) is 12.5. The quantitative estimate of drug-likeness (QED) is 0.542. The summed E-state index contributed by atoms with van der Waals surface area (Å²) in [6.45, 7) is 5.47. The Balaban J connectivity index is 1.99. The molecule has 0 spiro atoms. The summed E-state index contributed by atoms with van der Waals surface area (Å²) in [6.07, 6.45) is 1.98.